The molecule has 6 nitrogen and oxygen atoms in total. The van der Waals surface area contributed by atoms with E-state index >= 15 is 0 Å². The van der Waals surface area contributed by atoms with E-state index in [1.807, 2.05) is 12.3 Å². The number of nitrogens with two attached hydrogens (primary N) is 1. The number of rotatable bonds is 5. The van der Waals surface area contributed by atoms with Gasteiger partial charge in [0.25, 0.3) is 0 Å². The second-order valence-corrected chi connectivity index (χ2v) is 5.89. The van der Waals surface area contributed by atoms with E-state index in [1.165, 1.54) is 11.3 Å². The minimum Gasteiger partial charge on any atom is -0.375 e. The molecule has 0 saturated heterocycles. The summed E-state index contributed by atoms with van der Waals surface area (Å²) < 4.78 is 11.3. The average molecular weight is 294 g/mol. The van der Waals surface area contributed by atoms with Gasteiger partial charge in [-0.3, -0.25) is 0 Å². The molecule has 3 rings (SSSR count). The second kappa shape index (κ2) is 5.49. The summed E-state index contributed by atoms with van der Waals surface area (Å²) in [4.78, 5) is 8.71. The summed E-state index contributed by atoms with van der Waals surface area (Å²) in [5.74, 6) is 1.24. The Morgan fingerprint density at radius 1 is 1.40 bits per heavy atom. The molecule has 108 valence electrons. The van der Waals surface area contributed by atoms with Crippen molar-refractivity contribution in [3.8, 4) is 0 Å². The summed E-state index contributed by atoms with van der Waals surface area (Å²) >= 11 is 1.42. The van der Waals surface area contributed by atoms with Crippen LogP contribution in [0.25, 0.3) is 0 Å². The summed E-state index contributed by atoms with van der Waals surface area (Å²) in [7, 11) is 0. The van der Waals surface area contributed by atoms with Crippen molar-refractivity contribution in [2.45, 2.75) is 44.6 Å². The Morgan fingerprint density at radius 3 is 2.85 bits per heavy atom. The van der Waals surface area contributed by atoms with Crippen LogP contribution in [0.5, 0.6) is 0 Å². The fourth-order valence-electron chi connectivity index (χ4n) is 2.73. The third kappa shape index (κ3) is 2.55. The summed E-state index contributed by atoms with van der Waals surface area (Å²) in [6, 6.07) is 0. The molecule has 0 amide bonds. The van der Waals surface area contributed by atoms with Gasteiger partial charge < -0.3 is 15.0 Å². The van der Waals surface area contributed by atoms with E-state index in [1.54, 1.807) is 0 Å². The van der Waals surface area contributed by atoms with Gasteiger partial charge in [0.1, 0.15) is 5.60 Å². The quantitative estimate of drug-likeness (QED) is 0.911. The number of nitrogens with zero attached hydrogens (tertiary/aromatic N) is 3. The Kier molecular flexibility index (Phi) is 3.71. The number of nitrogen functional groups attached to an aromatic ring is 1. The van der Waals surface area contributed by atoms with Crippen molar-refractivity contribution < 1.29 is 9.26 Å². The summed E-state index contributed by atoms with van der Waals surface area (Å²) in [5.41, 5.74) is 6.13. The Balaban J connectivity index is 1.78. The molecule has 2 heterocycles. The third-order valence-electron chi connectivity index (χ3n) is 3.61. The molecule has 1 fully saturated rings. The molecule has 1 aliphatic rings. The molecular formula is C13H18N4O2S. The lowest BCUT2D eigenvalue weighted by Gasteiger charge is -2.24. The molecule has 0 unspecified atom stereocenters. The van der Waals surface area contributed by atoms with Gasteiger partial charge in [-0.1, -0.05) is 5.16 Å². The highest BCUT2D eigenvalue weighted by molar-refractivity contribution is 7.13. The van der Waals surface area contributed by atoms with Gasteiger partial charge in [0.2, 0.25) is 11.7 Å². The van der Waals surface area contributed by atoms with Crippen LogP contribution in [0, 0.1) is 0 Å². The lowest BCUT2D eigenvalue weighted by molar-refractivity contribution is -0.0469. The van der Waals surface area contributed by atoms with Crippen LogP contribution < -0.4 is 5.73 Å². The van der Waals surface area contributed by atoms with Gasteiger partial charge >= 0.3 is 0 Å². The van der Waals surface area contributed by atoms with Gasteiger partial charge in [-0.25, -0.2) is 4.98 Å². The summed E-state index contributed by atoms with van der Waals surface area (Å²) in [5, 5.41) is 6.59. The van der Waals surface area contributed by atoms with E-state index in [2.05, 4.69) is 15.1 Å². The van der Waals surface area contributed by atoms with E-state index in [-0.39, 0.29) is 5.60 Å². The van der Waals surface area contributed by atoms with Gasteiger partial charge in [-0.2, -0.15) is 4.98 Å². The van der Waals surface area contributed by atoms with Crippen LogP contribution in [0.4, 0.5) is 5.13 Å². The molecule has 1 saturated carbocycles. The first kappa shape index (κ1) is 13.5. The molecule has 0 radical (unpaired) electrons. The molecule has 0 bridgehead atoms. The van der Waals surface area contributed by atoms with Crippen molar-refractivity contribution in [1.82, 2.24) is 15.1 Å². The van der Waals surface area contributed by atoms with Gasteiger partial charge in [-0.15, -0.1) is 11.3 Å². The maximum Gasteiger partial charge on any atom is 0.232 e. The molecule has 0 aliphatic heterocycles. The Labute approximate surface area is 121 Å². The van der Waals surface area contributed by atoms with Crippen LogP contribution in [0.2, 0.25) is 0 Å². The molecule has 7 heteroatoms. The average Bonchev–Trinajstić information content (AvgIpc) is 3.12. The number of hydrogen-bond acceptors (Lipinski definition) is 7. The second-order valence-electron chi connectivity index (χ2n) is 5.00. The molecule has 0 atom stereocenters. The monoisotopic (exact) mass is 294 g/mol. The highest BCUT2D eigenvalue weighted by Gasteiger charge is 2.40. The zero-order valence-electron chi connectivity index (χ0n) is 11.5. The molecule has 0 aromatic carbocycles. The molecule has 2 N–H and O–H groups in total. The van der Waals surface area contributed by atoms with E-state index in [9.17, 15) is 0 Å². The minimum absolute atomic E-state index is 0.350. The molecule has 0 spiro atoms. The Bertz CT molecular complexity index is 574. The molecular weight excluding hydrogens is 276 g/mol. The first-order valence-corrected chi connectivity index (χ1v) is 7.77. The van der Waals surface area contributed by atoms with E-state index in [0.29, 0.717) is 29.9 Å². The highest BCUT2D eigenvalue weighted by atomic mass is 32.1. The maximum atomic E-state index is 5.93. The van der Waals surface area contributed by atoms with Gasteiger partial charge in [-0.05, 0) is 32.6 Å². The summed E-state index contributed by atoms with van der Waals surface area (Å²) in [6.45, 7) is 2.66. The van der Waals surface area contributed by atoms with Crippen molar-refractivity contribution in [2.75, 3.05) is 12.3 Å². The molecule has 1 aliphatic carbocycles. The lowest BCUT2D eigenvalue weighted by atomic mass is 10.0. The zero-order valence-corrected chi connectivity index (χ0v) is 12.3. The van der Waals surface area contributed by atoms with Crippen LogP contribution in [0.3, 0.4) is 0 Å². The van der Waals surface area contributed by atoms with Crippen molar-refractivity contribution >= 4 is 16.5 Å². The van der Waals surface area contributed by atoms with E-state index < -0.39 is 0 Å². The first-order chi connectivity index (χ1) is 9.72. The highest BCUT2D eigenvalue weighted by Crippen LogP contribution is 2.40. The number of thiazole rings is 1. The third-order valence-corrected chi connectivity index (χ3v) is 4.33. The number of aromatic nitrogens is 3. The standard InChI is InChI=1S/C13H18N4O2S/c1-2-18-13(5-3-4-6-13)11-16-10(19-17-11)7-9-8-20-12(14)15-9/h8H,2-7H2,1H3,(H2,14,15). The maximum absolute atomic E-state index is 5.93. The number of anilines is 1. The van der Waals surface area contributed by atoms with Crippen molar-refractivity contribution in [3.63, 3.8) is 0 Å². The van der Waals surface area contributed by atoms with Crippen LogP contribution in [-0.4, -0.2) is 21.7 Å². The predicted molar refractivity (Wildman–Crippen MR) is 75.4 cm³/mol. The normalized spacial score (nSPS) is 17.6. The summed E-state index contributed by atoms with van der Waals surface area (Å²) in [6.07, 6.45) is 4.73. The fraction of sp³-hybridized carbons (Fsp3) is 0.615. The minimum atomic E-state index is -0.350. The Morgan fingerprint density at radius 2 is 2.20 bits per heavy atom. The van der Waals surface area contributed by atoms with E-state index in [0.717, 1.165) is 31.4 Å². The largest absolute Gasteiger partial charge is 0.375 e. The molecule has 20 heavy (non-hydrogen) atoms. The topological polar surface area (TPSA) is 87.1 Å². The van der Waals surface area contributed by atoms with Crippen LogP contribution in [0.1, 0.15) is 50.0 Å². The lowest BCUT2D eigenvalue weighted by Crippen LogP contribution is -2.27. The fourth-order valence-corrected chi connectivity index (χ4v) is 3.29. The SMILES string of the molecule is CCOC1(c2noc(Cc3csc(N)n3)n2)CCCC1. The predicted octanol–water partition coefficient (Wildman–Crippen LogP) is 2.50. The van der Waals surface area contributed by atoms with Crippen molar-refractivity contribution in [2.24, 2.45) is 0 Å². The van der Waals surface area contributed by atoms with Crippen molar-refractivity contribution in [3.05, 3.63) is 22.8 Å². The van der Waals surface area contributed by atoms with E-state index in [4.69, 9.17) is 15.0 Å². The van der Waals surface area contributed by atoms with Gasteiger partial charge in [0.15, 0.2) is 5.13 Å². The van der Waals surface area contributed by atoms with Gasteiger partial charge in [0.05, 0.1) is 12.1 Å². The van der Waals surface area contributed by atoms with Crippen molar-refractivity contribution in [1.29, 1.82) is 0 Å². The smallest absolute Gasteiger partial charge is 0.232 e. The Hall–Kier alpha value is -1.47. The molecule has 2 aromatic rings. The first-order valence-electron chi connectivity index (χ1n) is 6.89. The molecule has 2 aromatic heterocycles. The van der Waals surface area contributed by atoms with Crippen LogP contribution in [-0.2, 0) is 16.8 Å². The van der Waals surface area contributed by atoms with Crippen LogP contribution in [0.15, 0.2) is 9.90 Å². The zero-order chi connectivity index (χ0) is 14.0. The van der Waals surface area contributed by atoms with Gasteiger partial charge in [0, 0.05) is 12.0 Å². The number of hydrogen-bond donors (Lipinski definition) is 1. The number of ether oxygens (including phenoxy) is 1. The van der Waals surface area contributed by atoms with Crippen LogP contribution >= 0.6 is 11.3 Å².